The molecule has 7 heterocycles. The molecule has 15 rings (SSSR count). The third-order valence-corrected chi connectivity index (χ3v) is 25.7. The normalized spacial score (nSPS) is 12.6. The highest BCUT2D eigenvalue weighted by molar-refractivity contribution is 9.10. The Hall–Kier alpha value is -8.44. The van der Waals surface area contributed by atoms with E-state index in [1.165, 1.54) is 54.3 Å². The van der Waals surface area contributed by atoms with Crippen molar-refractivity contribution in [3.8, 4) is 68.4 Å². The molecule has 0 aliphatic carbocycles. The molecule has 2 N–H and O–H groups in total. The molecule has 0 radical (unpaired) electrons. The van der Waals surface area contributed by atoms with Gasteiger partial charge in [-0.1, -0.05) is 199 Å². The van der Waals surface area contributed by atoms with Gasteiger partial charge in [0, 0.05) is 66.9 Å². The number of hydrogen-bond donors (Lipinski definition) is 3. The SMILES string of the molecule is CC(C)CS.CC1(C)c2cccc(P(c3ccccc3)c3ccccc3)c2Oc2c(P(c3ccccc3)c3ccccc3)cccc21.COc1cc2c(cc1Br)-c1c(c(C(=O)O)nn1-c1ccsc1)CO2.COc1cc2c(cc1SCC(C)C)-c1c(c(C(=O)O)nn1-c1ccsc1)CO2. The molecule has 20 heteroatoms. The summed E-state index contributed by atoms with van der Waals surface area (Å²) in [7, 11) is 1.58. The van der Waals surface area contributed by atoms with Crippen LogP contribution in [0, 0.1) is 11.8 Å². The maximum Gasteiger partial charge on any atom is 0.356 e. The summed E-state index contributed by atoms with van der Waals surface area (Å²) in [4.78, 5) is 24.3. The zero-order valence-corrected chi connectivity index (χ0v) is 62.5. The molecule has 3 aliphatic heterocycles. The first-order valence-corrected chi connectivity index (χ1v) is 39.1. The smallest absolute Gasteiger partial charge is 0.356 e. The van der Waals surface area contributed by atoms with Crippen LogP contribution in [0.1, 0.15) is 84.8 Å². The summed E-state index contributed by atoms with van der Waals surface area (Å²) in [6.07, 6.45) is 0. The average Bonchev–Trinajstić information content (AvgIpc) is 1.05. The predicted molar refractivity (Wildman–Crippen MR) is 414 cm³/mol. The summed E-state index contributed by atoms with van der Waals surface area (Å²) < 4.78 is 33.9. The maximum atomic E-state index is 11.8. The van der Waals surface area contributed by atoms with Crippen molar-refractivity contribution in [1.29, 1.82) is 0 Å². The third-order valence-electron chi connectivity index (χ3n) is 16.7. The number of hydrogen-bond acceptors (Lipinski definition) is 13. The lowest BCUT2D eigenvalue weighted by atomic mass is 9.76. The van der Waals surface area contributed by atoms with Crippen LogP contribution in [-0.4, -0.2) is 67.4 Å². The molecule has 0 spiro atoms. The van der Waals surface area contributed by atoms with E-state index in [9.17, 15) is 19.8 Å². The molecular formula is C79H73BrN4O9P2S4. The Bertz CT molecular complexity index is 4590. The number of thiophene rings is 2. The lowest BCUT2D eigenvalue weighted by Gasteiger charge is -2.38. The van der Waals surface area contributed by atoms with Gasteiger partial charge < -0.3 is 33.9 Å². The number of ether oxygens (including phenoxy) is 5. The fourth-order valence-corrected chi connectivity index (χ4v) is 19.4. The first kappa shape index (κ1) is 70.4. The van der Waals surface area contributed by atoms with Crippen LogP contribution < -0.4 is 55.5 Å². The Labute approximate surface area is 605 Å². The van der Waals surface area contributed by atoms with Crippen molar-refractivity contribution >= 4 is 123 Å². The van der Waals surface area contributed by atoms with Gasteiger partial charge in [0.15, 0.2) is 11.4 Å². The summed E-state index contributed by atoms with van der Waals surface area (Å²) >= 11 is 12.3. The van der Waals surface area contributed by atoms with Crippen LogP contribution >= 0.6 is 78.8 Å². The second-order valence-corrected chi connectivity index (χ2v) is 32.8. The van der Waals surface area contributed by atoms with Gasteiger partial charge in [-0.05, 0) is 106 Å². The molecule has 12 aromatic rings. The van der Waals surface area contributed by atoms with E-state index in [1.54, 1.807) is 52.7 Å². The molecule has 0 saturated carbocycles. The number of para-hydroxylation sites is 2. The Kier molecular flexibility index (Phi) is 22.3. The average molecular weight is 1490 g/mol. The summed E-state index contributed by atoms with van der Waals surface area (Å²) in [6, 6.07) is 68.5. The number of halogens is 1. The summed E-state index contributed by atoms with van der Waals surface area (Å²) in [5, 5.41) is 43.4. The molecule has 0 saturated heterocycles. The van der Waals surface area contributed by atoms with E-state index in [-0.39, 0.29) is 30.0 Å². The quantitative estimate of drug-likeness (QED) is 0.0479. The molecule has 3 aliphatic rings. The molecule has 8 aromatic carbocycles. The van der Waals surface area contributed by atoms with Crippen molar-refractivity contribution in [3.05, 3.63) is 254 Å². The topological polar surface area (TPSA) is 156 Å². The number of aromatic nitrogens is 4. The van der Waals surface area contributed by atoms with E-state index >= 15 is 0 Å². The van der Waals surface area contributed by atoms with Crippen LogP contribution in [-0.2, 0) is 18.6 Å². The van der Waals surface area contributed by atoms with Gasteiger partial charge in [-0.15, -0.1) is 11.8 Å². The molecule has 4 aromatic heterocycles. The minimum absolute atomic E-state index is 0.00814. The van der Waals surface area contributed by atoms with Crippen molar-refractivity contribution in [1.82, 2.24) is 19.6 Å². The Morgan fingerprint density at radius 1 is 0.586 bits per heavy atom. The number of benzene rings is 8. The van der Waals surface area contributed by atoms with E-state index in [4.69, 9.17) is 23.7 Å². The van der Waals surface area contributed by atoms with E-state index < -0.39 is 27.8 Å². The zero-order valence-electron chi connectivity index (χ0n) is 55.8. The number of nitrogens with zero attached hydrogens (tertiary/aromatic N) is 4. The van der Waals surface area contributed by atoms with Crippen molar-refractivity contribution in [2.75, 3.05) is 25.7 Å². The number of aromatic carboxylic acids is 2. The van der Waals surface area contributed by atoms with Crippen molar-refractivity contribution in [2.24, 2.45) is 11.8 Å². The van der Waals surface area contributed by atoms with Crippen molar-refractivity contribution in [2.45, 2.75) is 65.1 Å². The fourth-order valence-electron chi connectivity index (χ4n) is 11.9. The minimum Gasteiger partial charge on any atom is -0.495 e. The number of fused-ring (bicyclic) bond motifs is 8. The lowest BCUT2D eigenvalue weighted by Crippen LogP contribution is -2.32. The molecule has 504 valence electrons. The van der Waals surface area contributed by atoms with Gasteiger partial charge in [-0.25, -0.2) is 19.0 Å². The number of carbonyl (C=O) groups is 2. The highest BCUT2D eigenvalue weighted by Crippen LogP contribution is 2.53. The largest absolute Gasteiger partial charge is 0.495 e. The standard InChI is InChI=1S/C39H32OP2.C20H20N2O4S2.C16H11BrN2O4S.C4H10S/c1-39(2)33-25-15-27-35(41(29-17-7-3-8-18-29)30-19-9-4-10-20-30)37(33)40-38-34(39)26-16-28-36(38)42(31-21-11-5-12-22-31)32-23-13-6-14-24-32;1-11(2)9-28-17-6-13-15(7-16(17)25-3)26-8-14-18(20(23)24)21-22(19(13)14)12-4-5-27-10-12;1-22-13-5-12-9(4-11(13)17)15-10(6-23-12)14(16(20)21)18-19(15)8-2-3-24-7-8;1-4(2)3-5/h3-28H,1-2H3;4-7,10-11H,8-9H2,1-3H3,(H,23,24);2-5,7H,6H2,1H3,(H,20,21);4-5H,3H2,1-2H3. The number of carboxylic acid groups (broad SMARTS) is 2. The zero-order chi connectivity index (χ0) is 69.5. The molecule has 99 heavy (non-hydrogen) atoms. The van der Waals surface area contributed by atoms with Gasteiger partial charge >= 0.3 is 11.9 Å². The molecule has 0 atom stereocenters. The molecular weight excluding hydrogens is 1420 g/mol. The lowest BCUT2D eigenvalue weighted by molar-refractivity contribution is 0.0676. The number of methoxy groups -OCH3 is 2. The fraction of sp³-hybridized carbons (Fsp3) is 0.190. The third kappa shape index (κ3) is 14.9. The van der Waals surface area contributed by atoms with Crippen LogP contribution in [0.15, 0.2) is 225 Å². The number of carboxylic acids is 2. The summed E-state index contributed by atoms with van der Waals surface area (Å²) in [5.74, 6) is 5.85. The van der Waals surface area contributed by atoms with E-state index in [0.717, 1.165) is 77.9 Å². The van der Waals surface area contributed by atoms with Crippen LogP contribution in [0.5, 0.6) is 34.5 Å². The van der Waals surface area contributed by atoms with Crippen LogP contribution in [0.4, 0.5) is 0 Å². The van der Waals surface area contributed by atoms with Gasteiger partial charge in [-0.2, -0.15) is 45.5 Å². The van der Waals surface area contributed by atoms with Crippen LogP contribution in [0.2, 0.25) is 0 Å². The van der Waals surface area contributed by atoms with Gasteiger partial charge in [0.05, 0.1) is 57.5 Å². The summed E-state index contributed by atoms with van der Waals surface area (Å²) in [6.45, 7) is 13.6. The van der Waals surface area contributed by atoms with E-state index in [0.29, 0.717) is 34.3 Å². The number of thiol groups is 1. The van der Waals surface area contributed by atoms with Gasteiger partial charge in [-0.3, -0.25) is 0 Å². The monoisotopic (exact) mass is 1490 g/mol. The van der Waals surface area contributed by atoms with Crippen molar-refractivity contribution < 1.29 is 43.5 Å². The highest BCUT2D eigenvalue weighted by Gasteiger charge is 2.40. The van der Waals surface area contributed by atoms with Gasteiger partial charge in [0.25, 0.3) is 0 Å². The molecule has 0 unspecified atom stereocenters. The number of rotatable bonds is 16. The van der Waals surface area contributed by atoms with Crippen LogP contribution in [0.25, 0.3) is 33.9 Å². The van der Waals surface area contributed by atoms with Crippen molar-refractivity contribution in [3.63, 3.8) is 0 Å². The molecule has 0 amide bonds. The highest BCUT2D eigenvalue weighted by atomic mass is 79.9. The minimum atomic E-state index is -1.07. The molecule has 0 fully saturated rings. The first-order valence-electron chi connectivity index (χ1n) is 32.1. The summed E-state index contributed by atoms with van der Waals surface area (Å²) in [5.41, 5.74) is 8.23. The molecule has 0 bridgehead atoms. The maximum absolute atomic E-state index is 11.8. The Balaban J connectivity index is 0.000000142. The van der Waals surface area contributed by atoms with Gasteiger partial charge in [0.2, 0.25) is 0 Å². The predicted octanol–water partition coefficient (Wildman–Crippen LogP) is 18.1. The molecule has 13 nitrogen and oxygen atoms in total. The first-order chi connectivity index (χ1) is 48.0. The van der Waals surface area contributed by atoms with E-state index in [1.807, 2.05) is 51.9 Å². The van der Waals surface area contributed by atoms with Crippen LogP contribution in [0.3, 0.4) is 0 Å². The number of thioether (sulfide) groups is 1. The second-order valence-electron chi connectivity index (χ2n) is 24.6. The van der Waals surface area contributed by atoms with E-state index in [2.05, 4.69) is 238 Å². The Morgan fingerprint density at radius 3 is 1.35 bits per heavy atom. The second kappa shape index (κ2) is 31.4. The van der Waals surface area contributed by atoms with Gasteiger partial charge in [0.1, 0.15) is 47.7 Å². The Morgan fingerprint density at radius 2 is 0.990 bits per heavy atom.